The number of rotatable bonds is 12. The molecule has 0 saturated carbocycles. The number of ether oxygens (including phenoxy) is 1. The summed E-state index contributed by atoms with van der Waals surface area (Å²) in [6, 6.07) is 21.5. The summed E-state index contributed by atoms with van der Waals surface area (Å²) in [6.07, 6.45) is 0. The van der Waals surface area contributed by atoms with Gasteiger partial charge in [-0.3, -0.25) is 13.9 Å². The Morgan fingerprint density at radius 3 is 2.18 bits per heavy atom. The molecular formula is C29H35N3O5S. The van der Waals surface area contributed by atoms with E-state index in [2.05, 4.69) is 5.32 Å². The number of benzene rings is 3. The molecule has 1 N–H and O–H groups in total. The second kappa shape index (κ2) is 13.1. The molecule has 3 rings (SSSR count). The Kier molecular flexibility index (Phi) is 9.90. The molecule has 202 valence electrons. The van der Waals surface area contributed by atoms with Crippen LogP contribution in [0.2, 0.25) is 0 Å². The number of anilines is 1. The lowest BCUT2D eigenvalue weighted by atomic mass is 10.1. The summed E-state index contributed by atoms with van der Waals surface area (Å²) in [4.78, 5) is 28.1. The lowest BCUT2D eigenvalue weighted by Crippen LogP contribution is -2.51. The lowest BCUT2D eigenvalue weighted by molar-refractivity contribution is -0.139. The Balaban J connectivity index is 2.06. The van der Waals surface area contributed by atoms with Crippen LogP contribution in [-0.4, -0.2) is 50.9 Å². The SMILES string of the molecule is CCNC(=O)[C@H](C)N(Cc1ccc(C)cc1)C(=O)CN(c1ccccc1OCC)S(=O)(=O)c1ccccc1. The van der Waals surface area contributed by atoms with Gasteiger partial charge in [0.1, 0.15) is 18.3 Å². The fraction of sp³-hybridized carbons (Fsp3) is 0.310. The molecule has 2 amide bonds. The van der Waals surface area contributed by atoms with Gasteiger partial charge in [-0.2, -0.15) is 0 Å². The topological polar surface area (TPSA) is 96.0 Å². The van der Waals surface area contributed by atoms with E-state index in [9.17, 15) is 18.0 Å². The first-order valence-corrected chi connectivity index (χ1v) is 14.0. The van der Waals surface area contributed by atoms with Crippen molar-refractivity contribution in [2.45, 2.75) is 45.2 Å². The minimum absolute atomic E-state index is 0.0426. The fourth-order valence-corrected chi connectivity index (χ4v) is 5.41. The van der Waals surface area contributed by atoms with Crippen LogP contribution in [0.5, 0.6) is 5.75 Å². The summed E-state index contributed by atoms with van der Waals surface area (Å²) in [7, 11) is -4.15. The molecule has 3 aromatic rings. The number of carbonyl (C=O) groups is 2. The van der Waals surface area contributed by atoms with Gasteiger partial charge in [0.05, 0.1) is 17.2 Å². The van der Waals surface area contributed by atoms with Crippen molar-refractivity contribution in [1.82, 2.24) is 10.2 Å². The molecule has 38 heavy (non-hydrogen) atoms. The molecule has 9 heteroatoms. The molecule has 0 aliphatic carbocycles. The van der Waals surface area contributed by atoms with Crippen molar-refractivity contribution in [3.63, 3.8) is 0 Å². The largest absolute Gasteiger partial charge is 0.492 e. The first kappa shape index (κ1) is 28.7. The highest BCUT2D eigenvalue weighted by Gasteiger charge is 2.33. The lowest BCUT2D eigenvalue weighted by Gasteiger charge is -2.32. The quantitative estimate of drug-likeness (QED) is 0.375. The second-order valence-electron chi connectivity index (χ2n) is 8.80. The van der Waals surface area contributed by atoms with Crippen molar-refractivity contribution in [1.29, 1.82) is 0 Å². The maximum absolute atomic E-state index is 13.9. The highest BCUT2D eigenvalue weighted by molar-refractivity contribution is 7.92. The minimum atomic E-state index is -4.15. The van der Waals surface area contributed by atoms with Gasteiger partial charge in [-0.05, 0) is 57.5 Å². The molecule has 0 spiro atoms. The number of nitrogens with zero attached hydrogens (tertiary/aromatic N) is 2. The molecule has 0 aliphatic rings. The maximum Gasteiger partial charge on any atom is 0.264 e. The van der Waals surface area contributed by atoms with E-state index < -0.39 is 28.5 Å². The Labute approximate surface area is 225 Å². The summed E-state index contributed by atoms with van der Waals surface area (Å²) < 4.78 is 34.5. The zero-order chi connectivity index (χ0) is 27.7. The van der Waals surface area contributed by atoms with Crippen molar-refractivity contribution in [2.75, 3.05) is 24.0 Å². The van der Waals surface area contributed by atoms with Gasteiger partial charge in [0.2, 0.25) is 11.8 Å². The van der Waals surface area contributed by atoms with E-state index >= 15 is 0 Å². The van der Waals surface area contributed by atoms with Crippen molar-refractivity contribution in [3.05, 3.63) is 90.0 Å². The van der Waals surface area contributed by atoms with E-state index in [1.807, 2.05) is 31.2 Å². The molecule has 0 saturated heterocycles. The zero-order valence-corrected chi connectivity index (χ0v) is 23.1. The second-order valence-corrected chi connectivity index (χ2v) is 10.7. The molecule has 0 fully saturated rings. The molecule has 0 aromatic heterocycles. The van der Waals surface area contributed by atoms with Crippen molar-refractivity contribution in [2.24, 2.45) is 0 Å². The number of hydrogen-bond donors (Lipinski definition) is 1. The third-order valence-corrected chi connectivity index (χ3v) is 7.81. The summed E-state index contributed by atoms with van der Waals surface area (Å²) in [6.45, 7) is 7.56. The number of nitrogens with one attached hydrogen (secondary N) is 1. The highest BCUT2D eigenvalue weighted by Crippen LogP contribution is 2.32. The van der Waals surface area contributed by atoms with E-state index in [-0.39, 0.29) is 23.0 Å². The van der Waals surface area contributed by atoms with Crippen molar-refractivity contribution in [3.8, 4) is 5.75 Å². The average Bonchev–Trinajstić information content (AvgIpc) is 2.92. The van der Waals surface area contributed by atoms with Gasteiger partial charge in [0, 0.05) is 13.1 Å². The van der Waals surface area contributed by atoms with Crippen LogP contribution >= 0.6 is 0 Å². The maximum atomic E-state index is 13.9. The Morgan fingerprint density at radius 1 is 0.921 bits per heavy atom. The minimum Gasteiger partial charge on any atom is -0.492 e. The van der Waals surface area contributed by atoms with Gasteiger partial charge < -0.3 is 15.0 Å². The van der Waals surface area contributed by atoms with Crippen LogP contribution in [0.3, 0.4) is 0 Å². The molecule has 3 aromatic carbocycles. The Bertz CT molecular complexity index is 1330. The monoisotopic (exact) mass is 537 g/mol. The number of amides is 2. The first-order valence-electron chi connectivity index (χ1n) is 12.6. The van der Waals surface area contributed by atoms with Crippen LogP contribution in [0.4, 0.5) is 5.69 Å². The standard InChI is InChI=1S/C29H35N3O5S/c1-5-30-29(34)23(4)31(20-24-18-16-22(3)17-19-24)28(33)21-32(26-14-10-11-15-27(26)37-6-2)38(35,36)25-12-8-7-9-13-25/h7-19,23H,5-6,20-21H2,1-4H3,(H,30,34)/t23-/m0/s1. The number of hydrogen-bond acceptors (Lipinski definition) is 5. The number of likely N-dealkylation sites (N-methyl/N-ethyl adjacent to an activating group) is 1. The van der Waals surface area contributed by atoms with Gasteiger partial charge in [0.25, 0.3) is 10.0 Å². The molecule has 0 unspecified atom stereocenters. The summed E-state index contributed by atoms with van der Waals surface area (Å²) >= 11 is 0. The average molecular weight is 538 g/mol. The Hall–Kier alpha value is -3.85. The fourth-order valence-electron chi connectivity index (χ4n) is 3.97. The third kappa shape index (κ3) is 6.92. The number of para-hydroxylation sites is 2. The zero-order valence-electron chi connectivity index (χ0n) is 22.3. The van der Waals surface area contributed by atoms with Crippen LogP contribution in [0.15, 0.2) is 83.8 Å². The molecular weight excluding hydrogens is 502 g/mol. The van der Waals surface area contributed by atoms with Gasteiger partial charge in [0.15, 0.2) is 0 Å². The van der Waals surface area contributed by atoms with E-state index in [0.29, 0.717) is 18.9 Å². The van der Waals surface area contributed by atoms with Crippen LogP contribution in [-0.2, 0) is 26.2 Å². The van der Waals surface area contributed by atoms with Crippen molar-refractivity contribution < 1.29 is 22.7 Å². The van der Waals surface area contributed by atoms with Gasteiger partial charge in [-0.25, -0.2) is 8.42 Å². The van der Waals surface area contributed by atoms with Gasteiger partial charge in [-0.15, -0.1) is 0 Å². The van der Waals surface area contributed by atoms with E-state index in [0.717, 1.165) is 15.4 Å². The van der Waals surface area contributed by atoms with Crippen LogP contribution in [0, 0.1) is 6.92 Å². The molecule has 1 atom stereocenters. The van der Waals surface area contributed by atoms with Gasteiger partial charge in [-0.1, -0.05) is 60.2 Å². The number of sulfonamides is 1. The smallest absolute Gasteiger partial charge is 0.264 e. The summed E-state index contributed by atoms with van der Waals surface area (Å²) in [5, 5.41) is 2.76. The molecule has 0 bridgehead atoms. The summed E-state index contributed by atoms with van der Waals surface area (Å²) in [5.41, 5.74) is 2.14. The van der Waals surface area contributed by atoms with Crippen molar-refractivity contribution >= 4 is 27.5 Å². The first-order chi connectivity index (χ1) is 18.2. The van der Waals surface area contributed by atoms with Crippen LogP contribution in [0.25, 0.3) is 0 Å². The van der Waals surface area contributed by atoms with E-state index in [1.54, 1.807) is 63.2 Å². The third-order valence-electron chi connectivity index (χ3n) is 6.04. The molecule has 0 aliphatic heterocycles. The van der Waals surface area contributed by atoms with Crippen LogP contribution in [0.1, 0.15) is 31.9 Å². The van der Waals surface area contributed by atoms with E-state index in [4.69, 9.17) is 4.74 Å². The highest BCUT2D eigenvalue weighted by atomic mass is 32.2. The number of aryl methyl sites for hydroxylation is 1. The predicted octanol–water partition coefficient (Wildman–Crippen LogP) is 4.14. The number of carbonyl (C=O) groups excluding carboxylic acids is 2. The molecule has 8 nitrogen and oxygen atoms in total. The Morgan fingerprint density at radius 2 is 1.55 bits per heavy atom. The van der Waals surface area contributed by atoms with Crippen LogP contribution < -0.4 is 14.4 Å². The molecule has 0 heterocycles. The predicted molar refractivity (Wildman–Crippen MR) is 148 cm³/mol. The summed E-state index contributed by atoms with van der Waals surface area (Å²) in [5.74, 6) is -0.501. The van der Waals surface area contributed by atoms with E-state index in [1.165, 1.54) is 17.0 Å². The normalized spacial score (nSPS) is 11.9. The molecule has 0 radical (unpaired) electrons. The van der Waals surface area contributed by atoms with Gasteiger partial charge >= 0.3 is 0 Å².